The van der Waals surface area contributed by atoms with Crippen molar-refractivity contribution in [3.8, 4) is 38.4 Å². The Kier molecular flexibility index (Phi) is 8.37. The predicted molar refractivity (Wildman–Crippen MR) is 166 cm³/mol. The van der Waals surface area contributed by atoms with E-state index in [-0.39, 0.29) is 11.8 Å². The summed E-state index contributed by atoms with van der Waals surface area (Å²) in [6.45, 7) is 1.89. The number of anilines is 4. The van der Waals surface area contributed by atoms with Crippen LogP contribution in [0.3, 0.4) is 0 Å². The van der Waals surface area contributed by atoms with E-state index in [9.17, 15) is 4.79 Å². The van der Waals surface area contributed by atoms with Crippen molar-refractivity contribution < 1.29 is 19.0 Å². The van der Waals surface area contributed by atoms with Crippen molar-refractivity contribution in [2.24, 2.45) is 0 Å². The average molecular weight is 588 g/mol. The third kappa shape index (κ3) is 6.11. The number of hydrogen-bond acceptors (Lipinski definition) is 10. The molecule has 2 heterocycles. The first-order chi connectivity index (χ1) is 19.9. The van der Waals surface area contributed by atoms with Gasteiger partial charge >= 0.3 is 0 Å². The van der Waals surface area contributed by atoms with E-state index in [2.05, 4.69) is 15.6 Å². The zero-order valence-electron chi connectivity index (χ0n) is 22.9. The number of ether oxygens (including phenoxy) is 3. The first-order valence-corrected chi connectivity index (χ1v) is 14.3. The van der Waals surface area contributed by atoms with Crippen LogP contribution in [0.5, 0.6) is 17.2 Å². The van der Waals surface area contributed by atoms with Crippen molar-refractivity contribution in [3.63, 3.8) is 0 Å². The van der Waals surface area contributed by atoms with Crippen molar-refractivity contribution >= 4 is 50.9 Å². The summed E-state index contributed by atoms with van der Waals surface area (Å²) in [4.78, 5) is 22.9. The van der Waals surface area contributed by atoms with Gasteiger partial charge in [-0.1, -0.05) is 53.8 Å². The number of nitrogens with one attached hydrogen (secondary N) is 2. The molecule has 3 aromatic carbocycles. The van der Waals surface area contributed by atoms with Gasteiger partial charge in [0.25, 0.3) is 0 Å². The summed E-state index contributed by atoms with van der Waals surface area (Å²) < 4.78 is 16.3. The molecule has 4 N–H and O–H groups in total. The van der Waals surface area contributed by atoms with Crippen molar-refractivity contribution in [1.29, 1.82) is 0 Å². The molecular formula is C30H29N5O4S2. The van der Waals surface area contributed by atoms with Crippen molar-refractivity contribution in [1.82, 2.24) is 9.97 Å². The lowest BCUT2D eigenvalue weighted by Gasteiger charge is -2.14. The standard InChI is InChI=1S/C30H29N5O4S2/c1-17(18-9-6-5-7-10-18)28(36)32-20-12-8-11-19(13-20)22-16-40-29(34-22)26-27(31)35-30(41-26)33-21-14-23(37-2)25(39-4)24(15-21)38-3/h5-17H,31H2,1-4H3,(H,32,36)(H,33,35). The largest absolute Gasteiger partial charge is 0.493 e. The minimum absolute atomic E-state index is 0.0723. The van der Waals surface area contributed by atoms with Gasteiger partial charge < -0.3 is 30.6 Å². The number of thiazole rings is 2. The van der Waals surface area contributed by atoms with Crippen LogP contribution in [0, 0.1) is 0 Å². The molecule has 1 unspecified atom stereocenters. The number of nitrogens with two attached hydrogens (primary N) is 1. The molecule has 5 aromatic rings. The Morgan fingerprint density at radius 1 is 0.902 bits per heavy atom. The normalized spacial score (nSPS) is 11.5. The lowest BCUT2D eigenvalue weighted by atomic mass is 10.0. The van der Waals surface area contributed by atoms with Crippen molar-refractivity contribution in [2.75, 3.05) is 37.7 Å². The summed E-state index contributed by atoms with van der Waals surface area (Å²) in [7, 11) is 4.69. The second-order valence-corrected chi connectivity index (χ2v) is 10.9. The lowest BCUT2D eigenvalue weighted by molar-refractivity contribution is -0.117. The number of rotatable bonds is 10. The first-order valence-electron chi connectivity index (χ1n) is 12.7. The molecule has 0 bridgehead atoms. The third-order valence-electron chi connectivity index (χ3n) is 6.39. The summed E-state index contributed by atoms with van der Waals surface area (Å²) >= 11 is 2.87. The third-order valence-corrected chi connectivity index (χ3v) is 8.37. The Balaban J connectivity index is 1.33. The van der Waals surface area contributed by atoms with Gasteiger partial charge in [-0.05, 0) is 24.6 Å². The molecule has 9 nitrogen and oxygen atoms in total. The summed E-state index contributed by atoms with van der Waals surface area (Å²) in [6, 6.07) is 21.0. The van der Waals surface area contributed by atoms with E-state index in [4.69, 9.17) is 24.9 Å². The number of hydrogen-bond donors (Lipinski definition) is 3. The summed E-state index contributed by atoms with van der Waals surface area (Å²) in [5.74, 6) is 1.58. The first kappa shape index (κ1) is 27.9. The second kappa shape index (κ2) is 12.3. The molecule has 5 rings (SSSR count). The quantitative estimate of drug-likeness (QED) is 0.159. The number of methoxy groups -OCH3 is 3. The molecule has 1 amide bonds. The Hall–Kier alpha value is -4.61. The summed E-state index contributed by atoms with van der Waals surface area (Å²) in [6.07, 6.45) is 0. The van der Waals surface area contributed by atoms with Crippen LogP contribution in [0.15, 0.2) is 72.1 Å². The number of carbonyl (C=O) groups is 1. The fourth-order valence-corrected chi connectivity index (χ4v) is 6.06. The Labute approximate surface area is 246 Å². The minimum Gasteiger partial charge on any atom is -0.493 e. The SMILES string of the molecule is COc1cc(Nc2nc(N)c(-c3nc(-c4cccc(NC(=O)C(C)c5ccccc5)c4)cs3)s2)cc(OC)c1OC. The molecule has 210 valence electrons. The van der Waals surface area contributed by atoms with E-state index in [0.717, 1.165) is 26.7 Å². The molecule has 2 aromatic heterocycles. The van der Waals surface area contributed by atoms with Crippen LogP contribution in [0.4, 0.5) is 22.3 Å². The van der Waals surface area contributed by atoms with Crippen LogP contribution in [0.25, 0.3) is 21.1 Å². The monoisotopic (exact) mass is 587 g/mol. The zero-order chi connectivity index (χ0) is 28.9. The molecule has 0 fully saturated rings. The molecule has 0 saturated carbocycles. The molecule has 0 saturated heterocycles. The lowest BCUT2D eigenvalue weighted by Crippen LogP contribution is -2.18. The average Bonchev–Trinajstić information content (AvgIpc) is 3.63. The second-order valence-electron chi connectivity index (χ2n) is 9.01. The predicted octanol–water partition coefficient (Wildman–Crippen LogP) is 7.03. The van der Waals surface area contributed by atoms with Gasteiger partial charge in [0.05, 0.1) is 32.9 Å². The summed E-state index contributed by atoms with van der Waals surface area (Å²) in [5, 5.41) is 9.61. The van der Waals surface area contributed by atoms with E-state index >= 15 is 0 Å². The highest BCUT2D eigenvalue weighted by atomic mass is 32.1. The molecule has 11 heteroatoms. The highest BCUT2D eigenvalue weighted by molar-refractivity contribution is 7.23. The van der Waals surface area contributed by atoms with Gasteiger partial charge in [0.2, 0.25) is 11.7 Å². The van der Waals surface area contributed by atoms with E-state index in [0.29, 0.717) is 39.6 Å². The van der Waals surface area contributed by atoms with Gasteiger partial charge in [0.15, 0.2) is 16.6 Å². The molecular weight excluding hydrogens is 558 g/mol. The van der Waals surface area contributed by atoms with Crippen LogP contribution < -0.4 is 30.6 Å². The van der Waals surface area contributed by atoms with E-state index < -0.39 is 0 Å². The van der Waals surface area contributed by atoms with Gasteiger partial charge in [-0.15, -0.1) is 11.3 Å². The molecule has 0 aliphatic rings. The molecule has 41 heavy (non-hydrogen) atoms. The number of amides is 1. The van der Waals surface area contributed by atoms with E-state index in [1.54, 1.807) is 33.5 Å². The van der Waals surface area contributed by atoms with Crippen LogP contribution >= 0.6 is 22.7 Å². The van der Waals surface area contributed by atoms with Crippen LogP contribution in [0.1, 0.15) is 18.4 Å². The smallest absolute Gasteiger partial charge is 0.231 e. The fourth-order valence-electron chi connectivity index (χ4n) is 4.23. The van der Waals surface area contributed by atoms with Crippen LogP contribution in [-0.4, -0.2) is 37.2 Å². The minimum atomic E-state index is -0.275. The molecule has 0 spiro atoms. The number of nitrogen functional groups attached to an aromatic ring is 1. The molecule has 0 aliphatic carbocycles. The maximum atomic E-state index is 12.9. The number of nitrogens with zero attached hydrogens (tertiary/aromatic N) is 2. The topological polar surface area (TPSA) is 121 Å². The van der Waals surface area contributed by atoms with E-state index in [1.807, 2.05) is 66.9 Å². The Morgan fingerprint density at radius 3 is 2.32 bits per heavy atom. The Morgan fingerprint density at radius 2 is 1.63 bits per heavy atom. The van der Waals surface area contributed by atoms with Crippen LogP contribution in [0.2, 0.25) is 0 Å². The van der Waals surface area contributed by atoms with Crippen molar-refractivity contribution in [3.05, 3.63) is 77.7 Å². The number of aromatic nitrogens is 2. The van der Waals surface area contributed by atoms with Gasteiger partial charge in [-0.3, -0.25) is 4.79 Å². The van der Waals surface area contributed by atoms with Crippen LogP contribution in [-0.2, 0) is 4.79 Å². The van der Waals surface area contributed by atoms with Gasteiger partial charge in [-0.25, -0.2) is 9.97 Å². The van der Waals surface area contributed by atoms with Gasteiger partial charge in [0.1, 0.15) is 15.7 Å². The number of carbonyl (C=O) groups excluding carboxylic acids is 1. The maximum Gasteiger partial charge on any atom is 0.231 e. The van der Waals surface area contributed by atoms with Crippen molar-refractivity contribution in [2.45, 2.75) is 12.8 Å². The van der Waals surface area contributed by atoms with E-state index in [1.165, 1.54) is 22.7 Å². The highest BCUT2D eigenvalue weighted by Crippen LogP contribution is 2.43. The highest BCUT2D eigenvalue weighted by Gasteiger charge is 2.19. The summed E-state index contributed by atoms with van der Waals surface area (Å²) in [5.41, 5.74) is 10.3. The molecule has 0 radical (unpaired) electrons. The zero-order valence-corrected chi connectivity index (χ0v) is 24.6. The van der Waals surface area contributed by atoms with Gasteiger partial charge in [-0.2, -0.15) is 0 Å². The fraction of sp³-hybridized carbons (Fsp3) is 0.167. The maximum absolute atomic E-state index is 12.9. The Bertz CT molecular complexity index is 1640. The van der Waals surface area contributed by atoms with Gasteiger partial charge in [0, 0.05) is 34.5 Å². The number of benzene rings is 3. The molecule has 0 aliphatic heterocycles. The molecule has 1 atom stereocenters.